The number of carboxylic acids is 1. The summed E-state index contributed by atoms with van der Waals surface area (Å²) in [5.41, 5.74) is 1.91. The number of carboxylic acid groups (broad SMARTS) is 1. The molecule has 0 unspecified atom stereocenters. The van der Waals surface area contributed by atoms with Crippen LogP contribution in [0.3, 0.4) is 0 Å². The molecule has 0 atom stereocenters. The zero-order chi connectivity index (χ0) is 20.1. The van der Waals surface area contributed by atoms with Crippen molar-refractivity contribution in [1.29, 1.82) is 0 Å². The Hall–Kier alpha value is -2.31. The second-order valence-corrected chi connectivity index (χ2v) is 7.37. The molecule has 1 heterocycles. The van der Waals surface area contributed by atoms with Crippen LogP contribution >= 0.6 is 11.6 Å². The monoisotopic (exact) mass is 406 g/mol. The number of halogens is 2. The molecule has 0 aromatic heterocycles. The Kier molecular flexibility index (Phi) is 6.75. The minimum atomic E-state index is -0.872. The van der Waals surface area contributed by atoms with Gasteiger partial charge in [0.1, 0.15) is 11.6 Å². The fraction of sp³-hybridized carbons (Fsp3) is 0.381. The van der Waals surface area contributed by atoms with Crippen molar-refractivity contribution in [2.45, 2.75) is 25.4 Å². The number of anilines is 1. The summed E-state index contributed by atoms with van der Waals surface area (Å²) >= 11 is 5.87. The standard InChI is InChI=1S/C21H24ClFN2O3/c1-28-18-4-2-3-17(12-18)24-9-7-16(8-10-24)25(14-21(26)27)13-15-5-6-20(23)19(22)11-15/h2-6,11-12,16H,7-10,13-14H2,1H3,(H,26,27). The summed E-state index contributed by atoms with van der Waals surface area (Å²) in [6, 6.07) is 12.6. The van der Waals surface area contributed by atoms with Gasteiger partial charge in [0.05, 0.1) is 18.7 Å². The third-order valence-corrected chi connectivity index (χ3v) is 5.40. The first-order valence-electron chi connectivity index (χ1n) is 9.25. The number of benzene rings is 2. The van der Waals surface area contributed by atoms with Gasteiger partial charge in [0.15, 0.2) is 0 Å². The summed E-state index contributed by atoms with van der Waals surface area (Å²) in [4.78, 5) is 15.6. The molecule has 2 aromatic rings. The zero-order valence-corrected chi connectivity index (χ0v) is 16.5. The van der Waals surface area contributed by atoms with Crippen molar-refractivity contribution < 1.29 is 19.0 Å². The fourth-order valence-electron chi connectivity index (χ4n) is 3.66. The van der Waals surface area contributed by atoms with Gasteiger partial charge in [-0.05, 0) is 42.7 Å². The highest BCUT2D eigenvalue weighted by Gasteiger charge is 2.26. The molecule has 1 aliphatic rings. The molecule has 1 aliphatic heterocycles. The summed E-state index contributed by atoms with van der Waals surface area (Å²) in [6.45, 7) is 2.03. The molecular formula is C21H24ClFN2O3. The summed E-state index contributed by atoms with van der Waals surface area (Å²) in [7, 11) is 1.65. The van der Waals surface area contributed by atoms with Crippen molar-refractivity contribution in [2.75, 3.05) is 31.6 Å². The normalized spacial score (nSPS) is 15.1. The van der Waals surface area contributed by atoms with E-state index in [4.69, 9.17) is 16.3 Å². The number of ether oxygens (including phenoxy) is 1. The van der Waals surface area contributed by atoms with Crippen molar-refractivity contribution in [3.05, 3.63) is 58.9 Å². The average molecular weight is 407 g/mol. The SMILES string of the molecule is COc1cccc(N2CCC(N(CC(=O)O)Cc3ccc(F)c(Cl)c3)CC2)c1. The lowest BCUT2D eigenvalue weighted by Crippen LogP contribution is -2.46. The zero-order valence-electron chi connectivity index (χ0n) is 15.8. The van der Waals surface area contributed by atoms with Crippen molar-refractivity contribution >= 4 is 23.3 Å². The molecule has 0 saturated carbocycles. The Morgan fingerprint density at radius 1 is 1.29 bits per heavy atom. The van der Waals surface area contributed by atoms with E-state index < -0.39 is 11.8 Å². The van der Waals surface area contributed by atoms with Crippen LogP contribution in [0.5, 0.6) is 5.75 Å². The molecule has 28 heavy (non-hydrogen) atoms. The lowest BCUT2D eigenvalue weighted by molar-refractivity contribution is -0.139. The van der Waals surface area contributed by atoms with E-state index in [1.165, 1.54) is 6.07 Å². The van der Waals surface area contributed by atoms with Crippen LogP contribution in [0.25, 0.3) is 0 Å². The Balaban J connectivity index is 1.67. The van der Waals surface area contributed by atoms with Crippen molar-refractivity contribution in [2.24, 2.45) is 0 Å². The Morgan fingerprint density at radius 3 is 2.68 bits per heavy atom. The molecule has 0 radical (unpaired) electrons. The van der Waals surface area contributed by atoms with Gasteiger partial charge in [-0.2, -0.15) is 0 Å². The molecule has 1 fully saturated rings. The number of piperidine rings is 1. The van der Waals surface area contributed by atoms with Crippen LogP contribution in [-0.4, -0.2) is 48.8 Å². The minimum Gasteiger partial charge on any atom is -0.497 e. The summed E-state index contributed by atoms with van der Waals surface area (Å²) in [5.74, 6) is -0.523. The van der Waals surface area contributed by atoms with Crippen LogP contribution in [0.15, 0.2) is 42.5 Å². The molecule has 3 rings (SSSR count). The van der Waals surface area contributed by atoms with Crippen LogP contribution in [-0.2, 0) is 11.3 Å². The molecular weight excluding hydrogens is 383 g/mol. The third-order valence-electron chi connectivity index (χ3n) is 5.11. The van der Waals surface area contributed by atoms with E-state index in [-0.39, 0.29) is 17.6 Å². The smallest absolute Gasteiger partial charge is 0.317 e. The van der Waals surface area contributed by atoms with Crippen LogP contribution in [0.1, 0.15) is 18.4 Å². The average Bonchev–Trinajstić information content (AvgIpc) is 2.70. The largest absolute Gasteiger partial charge is 0.497 e. The van der Waals surface area contributed by atoms with E-state index in [2.05, 4.69) is 11.0 Å². The fourth-order valence-corrected chi connectivity index (χ4v) is 3.86. The van der Waals surface area contributed by atoms with E-state index in [9.17, 15) is 14.3 Å². The molecule has 0 bridgehead atoms. The number of aliphatic carboxylic acids is 1. The number of hydrogen-bond acceptors (Lipinski definition) is 4. The minimum absolute atomic E-state index is 0.0561. The highest BCUT2D eigenvalue weighted by molar-refractivity contribution is 6.30. The number of carbonyl (C=O) groups is 1. The molecule has 1 saturated heterocycles. The van der Waals surface area contributed by atoms with Crippen LogP contribution < -0.4 is 9.64 Å². The van der Waals surface area contributed by atoms with Gasteiger partial charge in [-0.15, -0.1) is 0 Å². The Morgan fingerprint density at radius 2 is 2.04 bits per heavy atom. The maximum atomic E-state index is 13.4. The van der Waals surface area contributed by atoms with Gasteiger partial charge in [0, 0.05) is 37.4 Å². The molecule has 7 heteroatoms. The number of methoxy groups -OCH3 is 1. The first-order chi connectivity index (χ1) is 13.5. The molecule has 1 N–H and O–H groups in total. The molecule has 0 amide bonds. The lowest BCUT2D eigenvalue weighted by atomic mass is 10.0. The van der Waals surface area contributed by atoms with Gasteiger partial charge in [0.2, 0.25) is 0 Å². The summed E-state index contributed by atoms with van der Waals surface area (Å²) < 4.78 is 18.7. The van der Waals surface area contributed by atoms with Gasteiger partial charge in [-0.3, -0.25) is 9.69 Å². The van der Waals surface area contributed by atoms with Crippen LogP contribution in [0.4, 0.5) is 10.1 Å². The van der Waals surface area contributed by atoms with Crippen molar-refractivity contribution in [1.82, 2.24) is 4.90 Å². The Bertz CT molecular complexity index is 825. The van der Waals surface area contributed by atoms with E-state index in [1.54, 1.807) is 19.2 Å². The molecule has 150 valence electrons. The van der Waals surface area contributed by atoms with Crippen LogP contribution in [0, 0.1) is 5.82 Å². The van der Waals surface area contributed by atoms with Crippen LogP contribution in [0.2, 0.25) is 5.02 Å². The molecule has 5 nitrogen and oxygen atoms in total. The molecule has 0 spiro atoms. The second-order valence-electron chi connectivity index (χ2n) is 6.97. The van der Waals surface area contributed by atoms with E-state index in [0.717, 1.165) is 42.9 Å². The summed E-state index contributed by atoms with van der Waals surface area (Å²) in [5, 5.41) is 9.38. The summed E-state index contributed by atoms with van der Waals surface area (Å²) in [6.07, 6.45) is 1.69. The van der Waals surface area contributed by atoms with Gasteiger partial charge >= 0.3 is 5.97 Å². The molecule has 0 aliphatic carbocycles. The first-order valence-corrected chi connectivity index (χ1v) is 9.63. The quantitative estimate of drug-likeness (QED) is 0.752. The molecule has 2 aromatic carbocycles. The van der Waals surface area contributed by atoms with Gasteiger partial charge in [0.25, 0.3) is 0 Å². The lowest BCUT2D eigenvalue weighted by Gasteiger charge is -2.39. The van der Waals surface area contributed by atoms with Gasteiger partial charge in [-0.25, -0.2) is 4.39 Å². The van der Waals surface area contributed by atoms with E-state index >= 15 is 0 Å². The third kappa shape index (κ3) is 5.14. The highest BCUT2D eigenvalue weighted by Crippen LogP contribution is 2.27. The van der Waals surface area contributed by atoms with Gasteiger partial charge < -0.3 is 14.7 Å². The second kappa shape index (κ2) is 9.26. The number of nitrogens with zero attached hydrogens (tertiary/aromatic N) is 2. The maximum Gasteiger partial charge on any atom is 0.317 e. The topological polar surface area (TPSA) is 53.0 Å². The predicted molar refractivity (Wildman–Crippen MR) is 108 cm³/mol. The maximum absolute atomic E-state index is 13.4. The Labute approximate surface area is 169 Å². The van der Waals surface area contributed by atoms with E-state index in [1.807, 2.05) is 23.1 Å². The van der Waals surface area contributed by atoms with Crippen molar-refractivity contribution in [3.63, 3.8) is 0 Å². The van der Waals surface area contributed by atoms with Gasteiger partial charge in [-0.1, -0.05) is 23.7 Å². The predicted octanol–water partition coefficient (Wildman–Crippen LogP) is 4.04. The number of rotatable bonds is 7. The number of hydrogen-bond donors (Lipinski definition) is 1. The van der Waals surface area contributed by atoms with Crippen molar-refractivity contribution in [3.8, 4) is 5.75 Å². The highest BCUT2D eigenvalue weighted by atomic mass is 35.5. The van der Waals surface area contributed by atoms with E-state index in [0.29, 0.717) is 6.54 Å². The first kappa shape index (κ1) is 20.4.